The van der Waals surface area contributed by atoms with Crippen LogP contribution in [0.3, 0.4) is 0 Å². The topological polar surface area (TPSA) is 104 Å². The van der Waals surface area contributed by atoms with Crippen LogP contribution in [0.1, 0.15) is 2.85 Å². The molecule has 6 nitrogen and oxygen atoms in total. The average molecular weight is 215 g/mol. The van der Waals surface area contributed by atoms with Gasteiger partial charge in [-0.1, -0.05) is 0 Å². The van der Waals surface area contributed by atoms with E-state index in [1.807, 2.05) is 0 Å². The molecule has 0 saturated carbocycles. The summed E-state index contributed by atoms with van der Waals surface area (Å²) in [5, 5.41) is 0. The summed E-state index contributed by atoms with van der Waals surface area (Å²) >= 11 is 0. The number of hydrogen-bond donors (Lipinski definition) is 3. The van der Waals surface area contributed by atoms with Crippen LogP contribution in [0.4, 0.5) is 0 Å². The number of aromatic nitrogens is 1. The zero-order chi connectivity index (χ0) is 8.04. The Morgan fingerprint density at radius 2 is 1.75 bits per heavy atom. The van der Waals surface area contributed by atoms with Gasteiger partial charge in [0.25, 0.3) is 0 Å². The number of rotatable bonds is 0. The fourth-order valence-electron chi connectivity index (χ4n) is 0.176. The smallest absolute Gasteiger partial charge is 1.00 e. The minimum Gasteiger partial charge on any atom is -1.00 e. The number of phosphoric acid groups is 1. The van der Waals surface area contributed by atoms with Gasteiger partial charge in [0.1, 0.15) is 6.26 Å². The van der Waals surface area contributed by atoms with E-state index in [0.29, 0.717) is 0 Å². The van der Waals surface area contributed by atoms with Crippen LogP contribution >= 0.6 is 7.82 Å². The van der Waals surface area contributed by atoms with Gasteiger partial charge in [-0.15, -0.1) is 0 Å². The SMILES string of the molecule is O=P(O)(O)O.[H-].[H-].[Na+].[Na+].c1cocn1. The predicted molar refractivity (Wildman–Crippen MR) is 33.0 cm³/mol. The summed E-state index contributed by atoms with van der Waals surface area (Å²) in [7, 11) is -4.64. The molecule has 3 N–H and O–H groups in total. The van der Waals surface area contributed by atoms with Crippen molar-refractivity contribution in [1.82, 2.24) is 4.98 Å². The van der Waals surface area contributed by atoms with Crippen LogP contribution in [-0.4, -0.2) is 19.7 Å². The molecule has 0 aromatic carbocycles. The van der Waals surface area contributed by atoms with Gasteiger partial charge in [-0.05, 0) is 0 Å². The molecule has 0 amide bonds. The third-order valence-corrected chi connectivity index (χ3v) is 0.347. The molecule has 1 heterocycles. The summed E-state index contributed by atoms with van der Waals surface area (Å²) in [6, 6.07) is 0. The van der Waals surface area contributed by atoms with E-state index in [4.69, 9.17) is 19.2 Å². The molecule has 0 saturated heterocycles. The predicted octanol–water partition coefficient (Wildman–Crippen LogP) is -6.02. The first kappa shape index (κ1) is 19.0. The van der Waals surface area contributed by atoms with Gasteiger partial charge in [0.2, 0.25) is 0 Å². The largest absolute Gasteiger partial charge is 1.00 e. The molecule has 62 valence electrons. The van der Waals surface area contributed by atoms with E-state index in [9.17, 15) is 0 Å². The van der Waals surface area contributed by atoms with Crippen LogP contribution in [0.5, 0.6) is 0 Å². The Balaban J connectivity index is -0.0000000300. The van der Waals surface area contributed by atoms with Crippen LogP contribution in [0.15, 0.2) is 23.3 Å². The third kappa shape index (κ3) is 30.2. The summed E-state index contributed by atoms with van der Waals surface area (Å²) in [6.07, 6.45) is 4.47. The molecule has 0 aliphatic heterocycles. The second kappa shape index (κ2) is 10.4. The molecule has 0 spiro atoms. The van der Waals surface area contributed by atoms with Gasteiger partial charge < -0.3 is 22.0 Å². The van der Waals surface area contributed by atoms with Crippen molar-refractivity contribution in [2.24, 2.45) is 0 Å². The van der Waals surface area contributed by atoms with Gasteiger partial charge in [0, 0.05) is 0 Å². The quantitative estimate of drug-likeness (QED) is 0.294. The molecule has 0 radical (unpaired) electrons. The van der Waals surface area contributed by atoms with Gasteiger partial charge in [-0.3, -0.25) is 0 Å². The molecule has 0 unspecified atom stereocenters. The Morgan fingerprint density at radius 3 is 1.83 bits per heavy atom. The Labute approximate surface area is 116 Å². The van der Waals surface area contributed by atoms with Crippen molar-refractivity contribution in [1.29, 1.82) is 0 Å². The third-order valence-electron chi connectivity index (χ3n) is 0.347. The van der Waals surface area contributed by atoms with Gasteiger partial charge in [-0.25, -0.2) is 9.55 Å². The Kier molecular flexibility index (Phi) is 16.5. The van der Waals surface area contributed by atoms with Gasteiger partial charge in [0.05, 0.1) is 6.20 Å². The van der Waals surface area contributed by atoms with E-state index < -0.39 is 7.82 Å². The molecule has 0 fully saturated rings. The maximum absolute atomic E-state index is 8.88. The fraction of sp³-hybridized carbons (Fsp3) is 0. The van der Waals surface area contributed by atoms with Gasteiger partial charge in [-0.2, -0.15) is 0 Å². The van der Waals surface area contributed by atoms with Gasteiger partial charge >= 0.3 is 66.9 Å². The Bertz CT molecular complexity index is 181. The van der Waals surface area contributed by atoms with E-state index >= 15 is 0 Å². The molecule has 1 aromatic heterocycles. The first-order chi connectivity index (χ1) is 4.50. The Morgan fingerprint density at radius 1 is 1.33 bits per heavy atom. The maximum atomic E-state index is 8.88. The van der Waals surface area contributed by atoms with Crippen molar-refractivity contribution >= 4 is 7.82 Å². The Hall–Kier alpha value is 1.32. The van der Waals surface area contributed by atoms with Crippen molar-refractivity contribution in [3.05, 3.63) is 18.9 Å². The first-order valence-corrected chi connectivity index (χ1v) is 3.67. The second-order valence-corrected chi connectivity index (χ2v) is 2.22. The van der Waals surface area contributed by atoms with Crippen LogP contribution < -0.4 is 59.1 Å². The molecule has 12 heavy (non-hydrogen) atoms. The van der Waals surface area contributed by atoms with Crippen molar-refractivity contribution in [2.45, 2.75) is 0 Å². The first-order valence-electron chi connectivity index (χ1n) is 2.10. The maximum Gasteiger partial charge on any atom is 1.00 e. The van der Waals surface area contributed by atoms with E-state index in [2.05, 4.69) is 9.40 Å². The molecule has 0 aliphatic rings. The molecule has 0 bridgehead atoms. The van der Waals surface area contributed by atoms with Crippen LogP contribution in [0, 0.1) is 0 Å². The van der Waals surface area contributed by atoms with Crippen molar-refractivity contribution in [3.63, 3.8) is 0 Å². The van der Waals surface area contributed by atoms with Crippen LogP contribution in [-0.2, 0) is 4.57 Å². The van der Waals surface area contributed by atoms with E-state index in [0.717, 1.165) is 0 Å². The molecule has 0 atom stereocenters. The van der Waals surface area contributed by atoms with E-state index in [-0.39, 0.29) is 62.0 Å². The zero-order valence-corrected chi connectivity index (χ0v) is 11.7. The summed E-state index contributed by atoms with van der Waals surface area (Å²) in [4.78, 5) is 25.1. The van der Waals surface area contributed by atoms with Crippen molar-refractivity contribution < 1.29 is 85.6 Å². The second-order valence-electron chi connectivity index (χ2n) is 1.19. The number of hydrogen-bond acceptors (Lipinski definition) is 3. The van der Waals surface area contributed by atoms with E-state index in [1.54, 1.807) is 6.20 Å². The molecule has 9 heteroatoms. The minimum atomic E-state index is -4.64. The summed E-state index contributed by atoms with van der Waals surface area (Å²) < 4.78 is 13.4. The summed E-state index contributed by atoms with van der Waals surface area (Å²) in [5.41, 5.74) is 0. The average Bonchev–Trinajstić information content (AvgIpc) is 2.07. The minimum absolute atomic E-state index is 0. The monoisotopic (exact) mass is 215 g/mol. The molecule has 1 aromatic rings. The van der Waals surface area contributed by atoms with Crippen LogP contribution in [0.25, 0.3) is 0 Å². The molecular formula is C3H8NNa2O5P. The van der Waals surface area contributed by atoms with Crippen molar-refractivity contribution in [3.8, 4) is 0 Å². The molecule has 1 rings (SSSR count). The number of oxazole rings is 1. The zero-order valence-electron chi connectivity index (χ0n) is 8.78. The standard InChI is InChI=1S/C3H3NO.2Na.H3O4P.2H/c1-2-5-3-4-1;;;1-5(2,3)4;;/h1-3H;;;(H3,1,2,3,4);;/q;2*+1;;2*-1. The summed E-state index contributed by atoms with van der Waals surface area (Å²) in [6.45, 7) is 0. The normalized spacial score (nSPS) is 8.25. The number of nitrogens with zero attached hydrogens (tertiary/aromatic N) is 1. The van der Waals surface area contributed by atoms with Crippen LogP contribution in [0.2, 0.25) is 0 Å². The van der Waals surface area contributed by atoms with E-state index in [1.165, 1.54) is 12.7 Å². The molecule has 0 aliphatic carbocycles. The van der Waals surface area contributed by atoms with Crippen molar-refractivity contribution in [2.75, 3.05) is 0 Å². The summed E-state index contributed by atoms with van der Waals surface area (Å²) in [5.74, 6) is 0. The fourth-order valence-corrected chi connectivity index (χ4v) is 0.176. The molecular weight excluding hydrogens is 207 g/mol. The van der Waals surface area contributed by atoms with Gasteiger partial charge in [0.15, 0.2) is 6.39 Å².